The second-order valence-electron chi connectivity index (χ2n) is 8.20. The minimum Gasteiger partial charge on any atom is -0.392 e. The highest BCUT2D eigenvalue weighted by molar-refractivity contribution is 5.94. The molecule has 2 aliphatic rings. The molecule has 150 valence electrons. The molecule has 1 aliphatic carbocycles. The number of aromatic nitrogens is 1. The Hall–Kier alpha value is -2.91. The Labute approximate surface area is 171 Å². The number of rotatable bonds is 4. The van der Waals surface area contributed by atoms with Crippen LogP contribution in [0.3, 0.4) is 0 Å². The van der Waals surface area contributed by atoms with E-state index < -0.39 is 0 Å². The number of fused-ring (bicyclic) bond motifs is 1. The summed E-state index contributed by atoms with van der Waals surface area (Å²) < 4.78 is 0. The van der Waals surface area contributed by atoms with E-state index in [0.717, 1.165) is 35.3 Å². The fraction of sp³-hybridized carbons (Fsp3) is 0.435. The normalized spacial score (nSPS) is 23.3. The summed E-state index contributed by atoms with van der Waals surface area (Å²) in [5, 5.41) is 22.8. The Morgan fingerprint density at radius 1 is 1.34 bits per heavy atom. The Kier molecular flexibility index (Phi) is 5.01. The first-order valence-electron chi connectivity index (χ1n) is 10.1. The smallest absolute Gasteiger partial charge is 0.224 e. The number of pyridine rings is 1. The van der Waals surface area contributed by atoms with Crippen LogP contribution in [-0.2, 0) is 11.4 Å². The molecule has 6 nitrogen and oxygen atoms in total. The maximum absolute atomic E-state index is 12.6. The molecule has 1 aromatic carbocycles. The molecule has 0 saturated heterocycles. The largest absolute Gasteiger partial charge is 0.392 e. The molecular formula is C23H26N4O2. The monoisotopic (exact) mass is 390 g/mol. The zero-order valence-electron chi connectivity index (χ0n) is 17.0. The minimum atomic E-state index is -0.112. The zero-order valence-corrected chi connectivity index (χ0v) is 17.0. The Bertz CT molecular complexity index is 993. The number of hydrogen-bond acceptors (Lipinski definition) is 5. The van der Waals surface area contributed by atoms with E-state index in [9.17, 15) is 15.2 Å². The lowest BCUT2D eigenvalue weighted by Gasteiger charge is -2.46. The summed E-state index contributed by atoms with van der Waals surface area (Å²) >= 11 is 0. The van der Waals surface area contributed by atoms with Gasteiger partial charge in [-0.05, 0) is 55.5 Å². The SMILES string of the molecule is CC(=O)N1c2ccc(C#N)cc2[C@H](Nc2nc(C)ccc2CO)[C@@H](C)[C@@H]1C1CC1. The maximum atomic E-state index is 12.6. The molecule has 29 heavy (non-hydrogen) atoms. The van der Waals surface area contributed by atoms with Gasteiger partial charge in [0.05, 0.1) is 24.3 Å². The second kappa shape index (κ2) is 7.49. The third-order valence-electron chi connectivity index (χ3n) is 6.14. The molecule has 1 aliphatic heterocycles. The van der Waals surface area contributed by atoms with Gasteiger partial charge in [0, 0.05) is 35.8 Å². The van der Waals surface area contributed by atoms with Gasteiger partial charge in [0.15, 0.2) is 0 Å². The van der Waals surface area contributed by atoms with E-state index in [2.05, 4.69) is 23.3 Å². The van der Waals surface area contributed by atoms with E-state index >= 15 is 0 Å². The molecule has 2 N–H and O–H groups in total. The van der Waals surface area contributed by atoms with Gasteiger partial charge in [-0.3, -0.25) is 4.79 Å². The second-order valence-corrected chi connectivity index (χ2v) is 8.20. The van der Waals surface area contributed by atoms with E-state index in [1.54, 1.807) is 13.0 Å². The quantitative estimate of drug-likeness (QED) is 0.831. The molecule has 3 atom stereocenters. The van der Waals surface area contributed by atoms with Gasteiger partial charge in [0.25, 0.3) is 0 Å². The molecule has 1 aromatic heterocycles. The molecule has 2 aromatic rings. The lowest BCUT2D eigenvalue weighted by Crippen LogP contribution is -2.51. The number of nitrogens with zero attached hydrogens (tertiary/aromatic N) is 3. The molecule has 4 rings (SSSR count). The van der Waals surface area contributed by atoms with Crippen molar-refractivity contribution in [3.8, 4) is 6.07 Å². The predicted octanol–water partition coefficient (Wildman–Crippen LogP) is 3.69. The van der Waals surface area contributed by atoms with Crippen LogP contribution in [0.25, 0.3) is 0 Å². The Balaban J connectivity index is 1.84. The highest BCUT2D eigenvalue weighted by Crippen LogP contribution is 2.50. The fourth-order valence-corrected chi connectivity index (χ4v) is 4.62. The van der Waals surface area contributed by atoms with Crippen LogP contribution in [0.1, 0.15) is 55.1 Å². The number of nitrogens with one attached hydrogen (secondary N) is 1. The van der Waals surface area contributed by atoms with Crippen LogP contribution < -0.4 is 10.2 Å². The minimum absolute atomic E-state index is 0.0304. The summed E-state index contributed by atoms with van der Waals surface area (Å²) in [5.74, 6) is 1.30. The van der Waals surface area contributed by atoms with Crippen LogP contribution in [-0.4, -0.2) is 22.0 Å². The van der Waals surface area contributed by atoms with E-state index in [1.807, 2.05) is 36.1 Å². The molecule has 6 heteroatoms. The van der Waals surface area contributed by atoms with E-state index in [0.29, 0.717) is 17.3 Å². The van der Waals surface area contributed by atoms with Crippen molar-refractivity contribution in [2.75, 3.05) is 10.2 Å². The van der Waals surface area contributed by atoms with Crippen molar-refractivity contribution < 1.29 is 9.90 Å². The van der Waals surface area contributed by atoms with Crippen molar-refractivity contribution in [1.29, 1.82) is 5.26 Å². The van der Waals surface area contributed by atoms with Crippen LogP contribution in [0.2, 0.25) is 0 Å². The van der Waals surface area contributed by atoms with E-state index in [-0.39, 0.29) is 30.5 Å². The number of amides is 1. The van der Waals surface area contributed by atoms with Crippen molar-refractivity contribution in [1.82, 2.24) is 4.98 Å². The fourth-order valence-electron chi connectivity index (χ4n) is 4.62. The maximum Gasteiger partial charge on any atom is 0.224 e. The van der Waals surface area contributed by atoms with Gasteiger partial charge in [0.1, 0.15) is 5.82 Å². The number of nitriles is 1. The van der Waals surface area contributed by atoms with Crippen molar-refractivity contribution in [3.63, 3.8) is 0 Å². The lowest BCUT2D eigenvalue weighted by molar-refractivity contribution is -0.117. The standard InChI is InChI=1S/C23H26N4O2/c1-13-4-6-18(12-28)23(25-13)26-21-14(2)22(17-7-8-17)27(15(3)29)20-9-5-16(11-24)10-19(20)21/h4-6,9-10,14,17,21-22,28H,7-8,12H2,1-3H3,(H,25,26)/t14-,21-,22-/m1/s1. The molecule has 1 saturated carbocycles. The summed E-state index contributed by atoms with van der Waals surface area (Å²) in [7, 11) is 0. The van der Waals surface area contributed by atoms with Gasteiger partial charge in [-0.15, -0.1) is 0 Å². The third-order valence-corrected chi connectivity index (χ3v) is 6.14. The summed E-state index contributed by atoms with van der Waals surface area (Å²) in [6.07, 6.45) is 2.25. The van der Waals surface area contributed by atoms with Gasteiger partial charge in [-0.1, -0.05) is 13.0 Å². The highest BCUT2D eigenvalue weighted by Gasteiger charge is 2.47. The summed E-state index contributed by atoms with van der Waals surface area (Å²) in [6, 6.07) is 11.5. The Morgan fingerprint density at radius 3 is 2.72 bits per heavy atom. The van der Waals surface area contributed by atoms with Crippen molar-refractivity contribution in [3.05, 3.63) is 52.7 Å². The molecule has 2 heterocycles. The number of carbonyl (C=O) groups excluding carboxylic acids is 1. The van der Waals surface area contributed by atoms with Crippen molar-refractivity contribution in [2.45, 2.75) is 52.3 Å². The summed E-state index contributed by atoms with van der Waals surface area (Å²) in [5.41, 5.74) is 3.95. The Morgan fingerprint density at radius 2 is 2.10 bits per heavy atom. The number of carbonyl (C=O) groups is 1. The number of aliphatic hydroxyl groups is 1. The number of aryl methyl sites for hydroxylation is 1. The topological polar surface area (TPSA) is 89.3 Å². The molecule has 0 bridgehead atoms. The van der Waals surface area contributed by atoms with E-state index in [4.69, 9.17) is 0 Å². The first-order chi connectivity index (χ1) is 13.9. The zero-order chi connectivity index (χ0) is 20.7. The van der Waals surface area contributed by atoms with E-state index in [1.165, 1.54) is 0 Å². The van der Waals surface area contributed by atoms with Gasteiger partial charge >= 0.3 is 0 Å². The number of aliphatic hydroxyl groups excluding tert-OH is 1. The predicted molar refractivity (Wildman–Crippen MR) is 111 cm³/mol. The first kappa shape index (κ1) is 19.4. The lowest BCUT2D eigenvalue weighted by atomic mass is 9.79. The highest BCUT2D eigenvalue weighted by atomic mass is 16.3. The van der Waals surface area contributed by atoms with Gasteiger partial charge in [-0.25, -0.2) is 4.98 Å². The first-order valence-corrected chi connectivity index (χ1v) is 10.1. The van der Waals surface area contributed by atoms with Crippen molar-refractivity contribution >= 4 is 17.4 Å². The van der Waals surface area contributed by atoms with Crippen LogP contribution in [0.15, 0.2) is 30.3 Å². The van der Waals surface area contributed by atoms with Crippen LogP contribution in [0, 0.1) is 30.1 Å². The summed E-state index contributed by atoms with van der Waals surface area (Å²) in [4.78, 5) is 19.1. The molecule has 0 unspecified atom stereocenters. The molecule has 0 radical (unpaired) electrons. The summed E-state index contributed by atoms with van der Waals surface area (Å²) in [6.45, 7) is 5.59. The van der Waals surface area contributed by atoms with Crippen LogP contribution >= 0.6 is 0 Å². The van der Waals surface area contributed by atoms with Gasteiger partial charge in [0.2, 0.25) is 5.91 Å². The molecule has 1 amide bonds. The molecule has 1 fully saturated rings. The van der Waals surface area contributed by atoms with Gasteiger partial charge in [-0.2, -0.15) is 5.26 Å². The molecule has 0 spiro atoms. The van der Waals surface area contributed by atoms with Gasteiger partial charge < -0.3 is 15.3 Å². The number of benzene rings is 1. The van der Waals surface area contributed by atoms with Crippen LogP contribution in [0.4, 0.5) is 11.5 Å². The molecular weight excluding hydrogens is 364 g/mol. The number of hydrogen-bond donors (Lipinski definition) is 2. The average Bonchev–Trinajstić information content (AvgIpc) is 3.54. The number of anilines is 2. The third kappa shape index (κ3) is 3.47. The van der Waals surface area contributed by atoms with Crippen molar-refractivity contribution in [2.24, 2.45) is 11.8 Å². The average molecular weight is 390 g/mol. The van der Waals surface area contributed by atoms with Crippen LogP contribution in [0.5, 0.6) is 0 Å².